The van der Waals surface area contributed by atoms with Crippen LogP contribution in [0.2, 0.25) is 0 Å². The number of halogens is 1. The Balaban J connectivity index is 2.10. The second-order valence-electron chi connectivity index (χ2n) is 4.10. The predicted molar refractivity (Wildman–Crippen MR) is 79.8 cm³/mol. The second-order valence-corrected chi connectivity index (χ2v) is 5.01. The summed E-state index contributed by atoms with van der Waals surface area (Å²) in [7, 11) is 0. The van der Waals surface area contributed by atoms with Gasteiger partial charge < -0.3 is 5.11 Å². The van der Waals surface area contributed by atoms with E-state index in [9.17, 15) is 9.90 Å². The fraction of sp³-hybridized carbons (Fsp3) is 0.0714. The van der Waals surface area contributed by atoms with Crippen LogP contribution in [0.5, 0.6) is 5.75 Å². The number of hydrazone groups is 1. The van der Waals surface area contributed by atoms with Gasteiger partial charge in [0, 0.05) is 28.0 Å². The summed E-state index contributed by atoms with van der Waals surface area (Å²) < 4.78 is 0.828. The lowest BCUT2D eigenvalue weighted by atomic mass is 10.1. The number of hydrogen-bond donors (Lipinski definition) is 2. The number of pyridine rings is 1. The van der Waals surface area contributed by atoms with Gasteiger partial charge in [-0.15, -0.1) is 0 Å². The number of benzene rings is 1. The number of nitrogens with one attached hydrogen (secondary N) is 1. The van der Waals surface area contributed by atoms with Crippen molar-refractivity contribution in [3.05, 3.63) is 57.8 Å². The van der Waals surface area contributed by atoms with E-state index in [-0.39, 0.29) is 11.7 Å². The molecule has 1 aromatic carbocycles. The van der Waals surface area contributed by atoms with Crippen LogP contribution in [-0.4, -0.2) is 22.2 Å². The van der Waals surface area contributed by atoms with Crippen molar-refractivity contribution in [2.45, 2.75) is 6.92 Å². The minimum Gasteiger partial charge on any atom is -0.507 e. The summed E-state index contributed by atoms with van der Waals surface area (Å²) in [5.41, 5.74) is 4.10. The molecular formula is C14H12BrN3O2. The van der Waals surface area contributed by atoms with E-state index >= 15 is 0 Å². The van der Waals surface area contributed by atoms with Crippen LogP contribution in [0.15, 0.2) is 46.2 Å². The summed E-state index contributed by atoms with van der Waals surface area (Å²) in [5.74, 6) is -0.204. The standard InChI is InChI=1S/C14H12BrN3O2/c1-9-6-12(15)7-11(13(9)19)8-17-18-14(20)10-2-4-16-5-3-10/h2-8,19H,1H3,(H,18,20)/b17-8+. The third-order valence-corrected chi connectivity index (χ3v) is 3.06. The molecule has 2 aromatic rings. The molecule has 0 aliphatic rings. The largest absolute Gasteiger partial charge is 0.507 e. The molecule has 0 saturated heterocycles. The summed E-state index contributed by atoms with van der Waals surface area (Å²) in [6, 6.07) is 6.68. The molecule has 6 heteroatoms. The lowest BCUT2D eigenvalue weighted by Crippen LogP contribution is -2.17. The number of phenolic OH excluding ortho intramolecular Hbond substituents is 1. The van der Waals surface area contributed by atoms with E-state index in [4.69, 9.17) is 0 Å². The number of aromatic hydroxyl groups is 1. The topological polar surface area (TPSA) is 74.6 Å². The van der Waals surface area contributed by atoms with E-state index in [0.717, 1.165) is 10.0 Å². The molecule has 0 atom stereocenters. The zero-order valence-electron chi connectivity index (χ0n) is 10.7. The lowest BCUT2D eigenvalue weighted by Gasteiger charge is -2.04. The average molecular weight is 334 g/mol. The second kappa shape index (κ2) is 6.29. The fourth-order valence-corrected chi connectivity index (χ4v) is 2.18. The van der Waals surface area contributed by atoms with Gasteiger partial charge in [0.05, 0.1) is 6.21 Å². The van der Waals surface area contributed by atoms with Gasteiger partial charge in [-0.2, -0.15) is 5.10 Å². The number of aryl methyl sites for hydroxylation is 1. The van der Waals surface area contributed by atoms with Gasteiger partial charge in [-0.1, -0.05) is 15.9 Å². The Hall–Kier alpha value is -2.21. The maximum atomic E-state index is 11.7. The lowest BCUT2D eigenvalue weighted by molar-refractivity contribution is 0.0955. The number of hydrogen-bond acceptors (Lipinski definition) is 4. The van der Waals surface area contributed by atoms with E-state index in [2.05, 4.69) is 31.4 Å². The Kier molecular flexibility index (Phi) is 4.47. The fourth-order valence-electron chi connectivity index (χ4n) is 1.59. The Morgan fingerprint density at radius 3 is 2.80 bits per heavy atom. The Bertz CT molecular complexity index is 657. The van der Waals surface area contributed by atoms with E-state index in [1.807, 2.05) is 0 Å². The molecule has 0 radical (unpaired) electrons. The summed E-state index contributed by atoms with van der Waals surface area (Å²) in [6.45, 7) is 1.78. The van der Waals surface area contributed by atoms with Crippen LogP contribution in [0.3, 0.4) is 0 Å². The molecule has 0 aliphatic heterocycles. The Morgan fingerprint density at radius 1 is 1.40 bits per heavy atom. The highest BCUT2D eigenvalue weighted by molar-refractivity contribution is 9.10. The molecule has 5 nitrogen and oxygen atoms in total. The van der Waals surface area contributed by atoms with E-state index in [1.54, 1.807) is 31.2 Å². The highest BCUT2D eigenvalue weighted by atomic mass is 79.9. The van der Waals surface area contributed by atoms with Crippen LogP contribution < -0.4 is 5.43 Å². The quantitative estimate of drug-likeness (QED) is 0.669. The molecule has 2 N–H and O–H groups in total. The van der Waals surface area contributed by atoms with Crippen LogP contribution in [0.4, 0.5) is 0 Å². The summed E-state index contributed by atoms with van der Waals surface area (Å²) in [5, 5.41) is 13.7. The molecule has 0 fully saturated rings. The molecular weight excluding hydrogens is 322 g/mol. The average Bonchev–Trinajstić information content (AvgIpc) is 2.44. The number of carbonyl (C=O) groups is 1. The number of amides is 1. The van der Waals surface area contributed by atoms with E-state index in [0.29, 0.717) is 11.1 Å². The van der Waals surface area contributed by atoms with Gasteiger partial charge in [0.15, 0.2) is 0 Å². The van der Waals surface area contributed by atoms with Gasteiger partial charge in [0.25, 0.3) is 5.91 Å². The van der Waals surface area contributed by atoms with E-state index in [1.165, 1.54) is 18.6 Å². The minimum absolute atomic E-state index is 0.134. The van der Waals surface area contributed by atoms with E-state index < -0.39 is 0 Å². The third kappa shape index (κ3) is 3.42. The van der Waals surface area contributed by atoms with Gasteiger partial charge in [0.1, 0.15) is 5.75 Å². The maximum absolute atomic E-state index is 11.7. The number of aromatic nitrogens is 1. The predicted octanol–water partition coefficient (Wildman–Crippen LogP) is 2.62. The van der Waals surface area contributed by atoms with Gasteiger partial charge in [0.2, 0.25) is 0 Å². The van der Waals surface area contributed by atoms with Crippen LogP contribution in [0.1, 0.15) is 21.5 Å². The minimum atomic E-state index is -0.338. The number of rotatable bonds is 3. The van der Waals surface area contributed by atoms with Crippen LogP contribution in [-0.2, 0) is 0 Å². The Labute approximate surface area is 124 Å². The zero-order chi connectivity index (χ0) is 14.5. The third-order valence-electron chi connectivity index (χ3n) is 2.61. The number of phenols is 1. The van der Waals surface area contributed by atoms with Gasteiger partial charge in [-0.3, -0.25) is 9.78 Å². The molecule has 102 valence electrons. The highest BCUT2D eigenvalue weighted by Gasteiger charge is 2.05. The summed E-state index contributed by atoms with van der Waals surface area (Å²) >= 11 is 3.34. The van der Waals surface area contributed by atoms with Crippen LogP contribution >= 0.6 is 15.9 Å². The molecule has 1 heterocycles. The van der Waals surface area contributed by atoms with Crippen LogP contribution in [0, 0.1) is 6.92 Å². The molecule has 0 aliphatic carbocycles. The first-order valence-corrected chi connectivity index (χ1v) is 6.60. The normalized spacial score (nSPS) is 10.7. The smallest absolute Gasteiger partial charge is 0.271 e. The van der Waals surface area contributed by atoms with Gasteiger partial charge in [-0.05, 0) is 36.8 Å². The molecule has 0 unspecified atom stereocenters. The zero-order valence-corrected chi connectivity index (χ0v) is 12.3. The molecule has 1 aromatic heterocycles. The monoisotopic (exact) mass is 333 g/mol. The van der Waals surface area contributed by atoms with Crippen molar-refractivity contribution in [2.24, 2.45) is 5.10 Å². The molecule has 2 rings (SSSR count). The SMILES string of the molecule is Cc1cc(Br)cc(/C=N/NC(=O)c2ccncc2)c1O. The van der Waals surface area contributed by atoms with Crippen molar-refractivity contribution in [3.8, 4) is 5.75 Å². The van der Waals surface area contributed by atoms with Crippen molar-refractivity contribution >= 4 is 28.1 Å². The molecule has 1 amide bonds. The van der Waals surface area contributed by atoms with Crippen molar-refractivity contribution in [1.29, 1.82) is 0 Å². The van der Waals surface area contributed by atoms with Crippen molar-refractivity contribution in [2.75, 3.05) is 0 Å². The molecule has 0 spiro atoms. The van der Waals surface area contributed by atoms with Gasteiger partial charge in [-0.25, -0.2) is 5.43 Å². The molecule has 0 saturated carbocycles. The first-order chi connectivity index (χ1) is 9.58. The van der Waals surface area contributed by atoms with Crippen LogP contribution in [0.25, 0.3) is 0 Å². The summed E-state index contributed by atoms with van der Waals surface area (Å²) in [6.07, 6.45) is 4.45. The summed E-state index contributed by atoms with van der Waals surface area (Å²) in [4.78, 5) is 15.6. The van der Waals surface area contributed by atoms with Crippen molar-refractivity contribution < 1.29 is 9.90 Å². The maximum Gasteiger partial charge on any atom is 0.271 e. The first kappa shape index (κ1) is 14.2. The number of carbonyl (C=O) groups excluding carboxylic acids is 1. The first-order valence-electron chi connectivity index (χ1n) is 5.80. The Morgan fingerprint density at radius 2 is 2.10 bits per heavy atom. The van der Waals surface area contributed by atoms with Crippen molar-refractivity contribution in [1.82, 2.24) is 10.4 Å². The molecule has 20 heavy (non-hydrogen) atoms. The van der Waals surface area contributed by atoms with Gasteiger partial charge >= 0.3 is 0 Å². The van der Waals surface area contributed by atoms with Crippen molar-refractivity contribution in [3.63, 3.8) is 0 Å². The molecule has 0 bridgehead atoms. The number of nitrogens with zero attached hydrogens (tertiary/aromatic N) is 2. The highest BCUT2D eigenvalue weighted by Crippen LogP contribution is 2.25.